The zero-order chi connectivity index (χ0) is 26.0. The van der Waals surface area contributed by atoms with Gasteiger partial charge in [0.15, 0.2) is 0 Å². The molecule has 1 aromatic heterocycles. The van der Waals surface area contributed by atoms with Gasteiger partial charge in [0.2, 0.25) is 16.0 Å². The van der Waals surface area contributed by atoms with Crippen LogP contribution in [0.15, 0.2) is 53.6 Å². The second kappa shape index (κ2) is 10.9. The molecule has 0 unspecified atom stereocenters. The van der Waals surface area contributed by atoms with Crippen LogP contribution in [-0.2, 0) is 16.4 Å². The number of benzene rings is 2. The third-order valence-electron chi connectivity index (χ3n) is 7.77. The van der Waals surface area contributed by atoms with E-state index in [1.54, 1.807) is 6.07 Å². The van der Waals surface area contributed by atoms with Crippen molar-refractivity contribution in [2.24, 2.45) is 0 Å². The fourth-order valence-corrected chi connectivity index (χ4v) is 6.67. The van der Waals surface area contributed by atoms with Gasteiger partial charge in [-0.3, -0.25) is 0 Å². The summed E-state index contributed by atoms with van der Waals surface area (Å²) >= 11 is 0. The molecule has 0 amide bonds. The molecule has 2 heterocycles. The van der Waals surface area contributed by atoms with E-state index in [9.17, 15) is 8.42 Å². The van der Waals surface area contributed by atoms with Gasteiger partial charge in [-0.05, 0) is 106 Å². The Balaban J connectivity index is 1.29. The van der Waals surface area contributed by atoms with Crippen LogP contribution in [0.1, 0.15) is 66.0 Å². The van der Waals surface area contributed by atoms with E-state index in [1.165, 1.54) is 18.4 Å². The number of anilines is 2. The first-order valence-corrected chi connectivity index (χ1v) is 14.7. The Labute approximate surface area is 220 Å². The predicted octanol–water partition coefficient (Wildman–Crippen LogP) is 5.07. The minimum Gasteiger partial charge on any atom is -0.324 e. The van der Waals surface area contributed by atoms with Crippen LogP contribution in [0.2, 0.25) is 0 Å². The van der Waals surface area contributed by atoms with E-state index in [2.05, 4.69) is 51.2 Å². The summed E-state index contributed by atoms with van der Waals surface area (Å²) < 4.78 is 28.8. The van der Waals surface area contributed by atoms with E-state index in [4.69, 9.17) is 4.98 Å². The summed E-state index contributed by atoms with van der Waals surface area (Å²) in [5.41, 5.74) is 5.86. The highest BCUT2D eigenvalue weighted by atomic mass is 32.2. The average Bonchev–Trinajstić information content (AvgIpc) is 2.86. The lowest BCUT2D eigenvalue weighted by molar-refractivity contribution is 0.255. The molecule has 5 rings (SSSR count). The summed E-state index contributed by atoms with van der Waals surface area (Å²) in [6.07, 6.45) is 7.66. The lowest BCUT2D eigenvalue weighted by atomic mass is 9.89. The molecule has 196 valence electrons. The van der Waals surface area contributed by atoms with Crippen molar-refractivity contribution in [2.75, 3.05) is 25.5 Å². The predicted molar refractivity (Wildman–Crippen MR) is 148 cm³/mol. The first kappa shape index (κ1) is 25.8. The summed E-state index contributed by atoms with van der Waals surface area (Å²) in [4.78, 5) is 12.0. The second-order valence-corrected chi connectivity index (χ2v) is 12.4. The second-order valence-electron chi connectivity index (χ2n) is 10.7. The van der Waals surface area contributed by atoms with E-state index >= 15 is 0 Å². The monoisotopic (exact) mass is 519 g/mol. The summed E-state index contributed by atoms with van der Waals surface area (Å²) in [6, 6.07) is 14.3. The zero-order valence-electron chi connectivity index (χ0n) is 22.0. The first-order chi connectivity index (χ1) is 17.8. The summed E-state index contributed by atoms with van der Waals surface area (Å²) in [5, 5.41) is 3.34. The number of nitrogens with one attached hydrogen (secondary N) is 2. The van der Waals surface area contributed by atoms with Crippen molar-refractivity contribution < 1.29 is 8.42 Å². The molecule has 0 bridgehead atoms. The van der Waals surface area contributed by atoms with Crippen molar-refractivity contribution >= 4 is 21.7 Å². The Morgan fingerprint density at radius 3 is 2.38 bits per heavy atom. The molecule has 1 aliphatic heterocycles. The Bertz CT molecular complexity index is 1350. The molecule has 8 heteroatoms. The largest absolute Gasteiger partial charge is 0.324 e. The molecule has 0 radical (unpaired) electrons. The minimum absolute atomic E-state index is 0.0595. The van der Waals surface area contributed by atoms with Crippen molar-refractivity contribution in [3.63, 3.8) is 0 Å². The standard InChI is InChI=1S/C29H37N5O2S/c1-20-7-8-22(18-28(20)37(35,36)33-26-5-4-6-26)17-27-21(2)19-30-29(32-27)31-25-11-9-23(10-12-25)24-13-15-34(3)16-14-24/h7-12,18-19,24,26,33H,4-6,13-17H2,1-3H3,(H,30,31,32). The van der Waals surface area contributed by atoms with Crippen LogP contribution in [0, 0.1) is 13.8 Å². The fourth-order valence-electron chi connectivity index (χ4n) is 5.07. The molecule has 1 saturated carbocycles. The van der Waals surface area contributed by atoms with E-state index in [0.29, 0.717) is 23.2 Å². The summed E-state index contributed by atoms with van der Waals surface area (Å²) in [6.45, 7) is 6.13. The molecule has 2 aliphatic rings. The van der Waals surface area contributed by atoms with Gasteiger partial charge in [0.1, 0.15) is 0 Å². The molecular formula is C29H37N5O2S. The van der Waals surface area contributed by atoms with Gasteiger partial charge in [-0.15, -0.1) is 0 Å². The van der Waals surface area contributed by atoms with Crippen LogP contribution in [0.3, 0.4) is 0 Å². The molecule has 2 N–H and O–H groups in total. The van der Waals surface area contributed by atoms with E-state index in [-0.39, 0.29) is 6.04 Å². The van der Waals surface area contributed by atoms with Gasteiger partial charge in [0.05, 0.1) is 10.6 Å². The van der Waals surface area contributed by atoms with Gasteiger partial charge in [0, 0.05) is 24.3 Å². The van der Waals surface area contributed by atoms with Crippen molar-refractivity contribution in [3.05, 3.63) is 76.6 Å². The Kier molecular flexibility index (Phi) is 7.60. The molecule has 1 saturated heterocycles. The van der Waals surface area contributed by atoms with E-state index < -0.39 is 10.0 Å². The summed E-state index contributed by atoms with van der Waals surface area (Å²) in [5.74, 6) is 1.17. The number of piperidine rings is 1. The quantitative estimate of drug-likeness (QED) is 0.432. The van der Waals surface area contributed by atoms with Crippen LogP contribution >= 0.6 is 0 Å². The topological polar surface area (TPSA) is 87.2 Å². The molecule has 0 atom stereocenters. The van der Waals surface area contributed by atoms with E-state index in [0.717, 1.165) is 60.4 Å². The van der Waals surface area contributed by atoms with Gasteiger partial charge in [-0.25, -0.2) is 23.1 Å². The number of hydrogen-bond acceptors (Lipinski definition) is 6. The number of nitrogens with zero attached hydrogens (tertiary/aromatic N) is 3. The zero-order valence-corrected chi connectivity index (χ0v) is 22.8. The van der Waals surface area contributed by atoms with Crippen LogP contribution in [0.25, 0.3) is 0 Å². The van der Waals surface area contributed by atoms with Crippen molar-refractivity contribution in [3.8, 4) is 0 Å². The third kappa shape index (κ3) is 6.20. The van der Waals surface area contributed by atoms with Gasteiger partial charge in [-0.1, -0.05) is 30.7 Å². The maximum atomic E-state index is 13.0. The lowest BCUT2D eigenvalue weighted by Crippen LogP contribution is -2.39. The maximum absolute atomic E-state index is 13.0. The molecule has 2 fully saturated rings. The lowest BCUT2D eigenvalue weighted by Gasteiger charge is -2.29. The highest BCUT2D eigenvalue weighted by Crippen LogP contribution is 2.29. The number of aromatic nitrogens is 2. The Morgan fingerprint density at radius 2 is 1.70 bits per heavy atom. The maximum Gasteiger partial charge on any atom is 0.241 e. The minimum atomic E-state index is -3.54. The normalized spacial score (nSPS) is 17.5. The number of aryl methyl sites for hydroxylation is 2. The number of sulfonamides is 1. The highest BCUT2D eigenvalue weighted by Gasteiger charge is 2.26. The first-order valence-electron chi connectivity index (χ1n) is 13.3. The van der Waals surface area contributed by atoms with Gasteiger partial charge in [-0.2, -0.15) is 0 Å². The number of rotatable bonds is 8. The van der Waals surface area contributed by atoms with Gasteiger partial charge >= 0.3 is 0 Å². The summed E-state index contributed by atoms with van der Waals surface area (Å²) in [7, 11) is -1.35. The molecule has 1 aliphatic carbocycles. The molecule has 3 aromatic rings. The van der Waals surface area contributed by atoms with Crippen LogP contribution < -0.4 is 10.0 Å². The molecule has 7 nitrogen and oxygen atoms in total. The van der Waals surface area contributed by atoms with Crippen molar-refractivity contribution in [2.45, 2.75) is 69.2 Å². The SMILES string of the molecule is Cc1ccc(Cc2nc(Nc3ccc(C4CCN(C)CC4)cc3)ncc2C)cc1S(=O)(=O)NC1CCC1. The number of likely N-dealkylation sites (tertiary alicyclic amines) is 1. The molecular weight excluding hydrogens is 482 g/mol. The molecule has 37 heavy (non-hydrogen) atoms. The van der Waals surface area contributed by atoms with Crippen LogP contribution in [0.4, 0.5) is 11.6 Å². The number of hydrogen-bond donors (Lipinski definition) is 2. The third-order valence-corrected chi connectivity index (χ3v) is 9.44. The fraction of sp³-hybridized carbons (Fsp3) is 0.448. The Morgan fingerprint density at radius 1 is 0.973 bits per heavy atom. The average molecular weight is 520 g/mol. The smallest absolute Gasteiger partial charge is 0.241 e. The van der Waals surface area contributed by atoms with Crippen LogP contribution in [-0.4, -0.2) is 49.5 Å². The van der Waals surface area contributed by atoms with Crippen molar-refractivity contribution in [1.29, 1.82) is 0 Å². The van der Waals surface area contributed by atoms with Crippen LogP contribution in [0.5, 0.6) is 0 Å². The van der Waals surface area contributed by atoms with E-state index in [1.807, 2.05) is 32.2 Å². The molecule has 0 spiro atoms. The van der Waals surface area contributed by atoms with Gasteiger partial charge in [0.25, 0.3) is 0 Å². The van der Waals surface area contributed by atoms with Gasteiger partial charge < -0.3 is 10.2 Å². The molecule has 2 aromatic carbocycles. The Hall–Kier alpha value is -2.81. The van der Waals surface area contributed by atoms with Crippen molar-refractivity contribution in [1.82, 2.24) is 19.6 Å². The highest BCUT2D eigenvalue weighted by molar-refractivity contribution is 7.89.